The first-order valence-electron chi connectivity index (χ1n) is 5.30. The van der Waals surface area contributed by atoms with Crippen LogP contribution in [-0.4, -0.2) is 18.5 Å². The molecule has 1 N–H and O–H groups in total. The monoisotopic (exact) mass is 404 g/mol. The molecular weight excluding hydrogens is 388 g/mol. The number of allylic oxidation sites excluding steroid dienone is 5. The van der Waals surface area contributed by atoms with Crippen LogP contribution in [0.1, 0.15) is 25.7 Å². The van der Waals surface area contributed by atoms with E-state index in [9.17, 15) is 13.2 Å². The third-order valence-corrected chi connectivity index (χ3v) is 2.12. The van der Waals surface area contributed by atoms with Crippen LogP contribution in [0.4, 0.5) is 13.2 Å². The molecule has 0 atom stereocenters. The van der Waals surface area contributed by atoms with Gasteiger partial charge in [0.1, 0.15) is 0 Å². The maximum absolute atomic E-state index is 10.7. The van der Waals surface area contributed by atoms with E-state index in [1.165, 1.54) is 25.3 Å². The first-order chi connectivity index (χ1) is 8.66. The molecule has 0 bridgehead atoms. The van der Waals surface area contributed by atoms with Crippen molar-refractivity contribution in [2.75, 3.05) is 0 Å². The quantitative estimate of drug-likeness (QED) is 0.219. The van der Waals surface area contributed by atoms with Gasteiger partial charge in [-0.15, -0.1) is 0 Å². The van der Waals surface area contributed by atoms with Gasteiger partial charge in [-0.2, -0.15) is 28.0 Å². The minimum atomic E-state index is -5.84. The third kappa shape index (κ3) is 17.5. The van der Waals surface area contributed by atoms with E-state index < -0.39 is 15.6 Å². The molecule has 3 nitrogen and oxygen atoms in total. The Labute approximate surface area is 132 Å². The number of rotatable bonds is 0. The zero-order valence-corrected chi connectivity index (χ0v) is 13.0. The molecule has 0 aliphatic heterocycles. The summed E-state index contributed by atoms with van der Waals surface area (Å²) in [5, 5.41) is 0. The number of alkyl halides is 3. The minimum absolute atomic E-state index is 0. The maximum Gasteiger partial charge on any atom is 2.00 e. The van der Waals surface area contributed by atoms with Gasteiger partial charge in [-0.25, -0.2) is 19.6 Å². The standard InChI is InChI=1S/C8H11.C3H5.CHF3O3S.Pd/c1-2-4-6-8-7-5-3-1;1-3-2;2-1(3,4)8(5,6)7;/h1-2,7H,3-6H2;3H,1-2H2;(H,5,6,7);/q2*-1;;+2. The first kappa shape index (κ1) is 24.5. The van der Waals surface area contributed by atoms with Gasteiger partial charge in [0.2, 0.25) is 0 Å². The molecule has 8 heteroatoms. The Bertz CT molecular complexity index is 361. The second kappa shape index (κ2) is 13.4. The summed E-state index contributed by atoms with van der Waals surface area (Å²) in [6.07, 6.45) is 16.0. The summed E-state index contributed by atoms with van der Waals surface area (Å²) in [5.41, 5.74) is -5.53. The maximum atomic E-state index is 10.7. The van der Waals surface area contributed by atoms with Crippen LogP contribution < -0.4 is 0 Å². The molecule has 0 aromatic heterocycles. The molecule has 0 unspecified atom stereocenters. The van der Waals surface area contributed by atoms with Gasteiger partial charge >= 0.3 is 36.0 Å². The van der Waals surface area contributed by atoms with Gasteiger partial charge in [0, 0.05) is 0 Å². The molecule has 120 valence electrons. The Balaban J connectivity index is -0.000000232. The van der Waals surface area contributed by atoms with E-state index in [1.807, 2.05) is 0 Å². The van der Waals surface area contributed by atoms with E-state index in [0.717, 1.165) is 6.42 Å². The fraction of sp³-hybridized carbons (Fsp3) is 0.417. The van der Waals surface area contributed by atoms with E-state index in [4.69, 9.17) is 13.0 Å². The van der Waals surface area contributed by atoms with Crippen LogP contribution in [0.15, 0.2) is 30.9 Å². The molecule has 0 heterocycles. The summed E-state index contributed by atoms with van der Waals surface area (Å²) in [6.45, 7) is 6.50. The molecule has 20 heavy (non-hydrogen) atoms. The van der Waals surface area contributed by atoms with Crippen molar-refractivity contribution >= 4 is 10.1 Å². The fourth-order valence-corrected chi connectivity index (χ4v) is 0.786. The average molecular weight is 405 g/mol. The molecule has 0 spiro atoms. The summed E-state index contributed by atoms with van der Waals surface area (Å²) >= 11 is 0. The van der Waals surface area contributed by atoms with Crippen molar-refractivity contribution < 1.29 is 46.6 Å². The molecule has 1 aliphatic rings. The molecule has 0 radical (unpaired) electrons. The summed E-state index contributed by atoms with van der Waals surface area (Å²) in [4.78, 5) is 0. The Morgan fingerprint density at radius 1 is 1.25 bits per heavy atom. The molecule has 0 saturated carbocycles. The Kier molecular flexibility index (Phi) is 16.4. The van der Waals surface area contributed by atoms with Crippen molar-refractivity contribution in [3.8, 4) is 0 Å². The van der Waals surface area contributed by atoms with Gasteiger partial charge in [-0.1, -0.05) is 25.0 Å². The number of hydrogen-bond donors (Lipinski definition) is 1. The van der Waals surface area contributed by atoms with Gasteiger partial charge in [0.25, 0.3) is 0 Å². The van der Waals surface area contributed by atoms with E-state index in [1.54, 1.807) is 0 Å². The molecule has 1 aliphatic carbocycles. The van der Waals surface area contributed by atoms with Crippen LogP contribution in [0.25, 0.3) is 0 Å². The average Bonchev–Trinajstić information content (AvgIpc) is 2.14. The molecule has 0 amide bonds. The summed E-state index contributed by atoms with van der Waals surface area (Å²) < 4.78 is 57.5. The predicted octanol–water partition coefficient (Wildman–Crippen LogP) is 3.87. The number of halogens is 3. The molecule has 0 aromatic rings. The van der Waals surface area contributed by atoms with Crippen molar-refractivity contribution in [2.24, 2.45) is 0 Å². The van der Waals surface area contributed by atoms with Gasteiger partial charge in [0.15, 0.2) is 0 Å². The zero-order valence-electron chi connectivity index (χ0n) is 10.7. The second-order valence-electron chi connectivity index (χ2n) is 3.21. The van der Waals surface area contributed by atoms with E-state index in [0.29, 0.717) is 0 Å². The van der Waals surface area contributed by atoms with Gasteiger partial charge in [-0.05, 0) is 6.42 Å². The van der Waals surface area contributed by atoms with Crippen molar-refractivity contribution in [3.63, 3.8) is 0 Å². The van der Waals surface area contributed by atoms with Crippen molar-refractivity contribution in [1.29, 1.82) is 0 Å². The fourth-order valence-electron chi connectivity index (χ4n) is 0.786. The number of hydrogen-bond acceptors (Lipinski definition) is 2. The minimum Gasteiger partial charge on any atom is -0.500 e. The van der Waals surface area contributed by atoms with E-state index in [2.05, 4.69) is 37.8 Å². The smallest absolute Gasteiger partial charge is 0.500 e. The Morgan fingerprint density at radius 3 is 2.05 bits per heavy atom. The first-order valence-corrected chi connectivity index (χ1v) is 6.74. The summed E-state index contributed by atoms with van der Waals surface area (Å²) in [7, 11) is -5.84. The van der Waals surface area contributed by atoms with Crippen LogP contribution in [0.5, 0.6) is 0 Å². The molecule has 0 saturated heterocycles. The molecule has 0 aromatic carbocycles. The largest absolute Gasteiger partial charge is 2.00 e. The van der Waals surface area contributed by atoms with Crippen LogP contribution in [0.2, 0.25) is 0 Å². The SMILES string of the molecule is C=C[CH2-].O=S(=O)(O)C(F)(F)F.[C-]1=CCCC=CCC1.[Pd+2]. The zero-order chi connectivity index (χ0) is 15.4. The van der Waals surface area contributed by atoms with Crippen LogP contribution >= 0.6 is 0 Å². The third-order valence-electron chi connectivity index (χ3n) is 1.54. The van der Waals surface area contributed by atoms with Crippen molar-refractivity contribution in [2.45, 2.75) is 31.2 Å². The Hall–Kier alpha value is -0.548. The van der Waals surface area contributed by atoms with Crippen LogP contribution in [0, 0.1) is 13.0 Å². The predicted molar refractivity (Wildman–Crippen MR) is 68.6 cm³/mol. The molecule has 1 rings (SSSR count). The Morgan fingerprint density at radius 2 is 1.65 bits per heavy atom. The van der Waals surface area contributed by atoms with Crippen molar-refractivity contribution in [3.05, 3.63) is 43.9 Å². The van der Waals surface area contributed by atoms with Crippen LogP contribution in [-0.2, 0) is 30.5 Å². The molecule has 0 fully saturated rings. The van der Waals surface area contributed by atoms with Gasteiger partial charge < -0.3 is 6.08 Å². The van der Waals surface area contributed by atoms with Gasteiger partial charge in [-0.3, -0.25) is 10.6 Å². The topological polar surface area (TPSA) is 54.4 Å². The van der Waals surface area contributed by atoms with Crippen LogP contribution in [0.3, 0.4) is 0 Å². The normalized spacial score (nSPS) is 14.2. The van der Waals surface area contributed by atoms with E-state index >= 15 is 0 Å². The second-order valence-corrected chi connectivity index (χ2v) is 4.62. The summed E-state index contributed by atoms with van der Waals surface area (Å²) in [5.74, 6) is 0. The van der Waals surface area contributed by atoms with Crippen molar-refractivity contribution in [1.82, 2.24) is 0 Å². The van der Waals surface area contributed by atoms with Gasteiger partial charge in [0.05, 0.1) is 0 Å². The summed E-state index contributed by atoms with van der Waals surface area (Å²) in [6, 6.07) is 0. The molecular formula is C12H17F3O3PdS. The van der Waals surface area contributed by atoms with E-state index in [-0.39, 0.29) is 20.4 Å².